The Morgan fingerprint density at radius 1 is 1.56 bits per heavy atom. The highest BCUT2D eigenvalue weighted by atomic mass is 19.1. The molecule has 1 aromatic carbocycles. The van der Waals surface area contributed by atoms with Gasteiger partial charge in [0.25, 0.3) is 0 Å². The molecule has 18 heavy (non-hydrogen) atoms. The lowest BCUT2D eigenvalue weighted by atomic mass is 9.83. The van der Waals surface area contributed by atoms with Gasteiger partial charge >= 0.3 is 0 Å². The summed E-state index contributed by atoms with van der Waals surface area (Å²) in [7, 11) is 0. The Morgan fingerprint density at radius 3 is 2.83 bits per heavy atom. The molecule has 0 aromatic heterocycles. The van der Waals surface area contributed by atoms with Gasteiger partial charge in [0, 0.05) is 18.2 Å². The molecule has 1 aliphatic carbocycles. The number of amides is 1. The third kappa shape index (κ3) is 1.96. The third-order valence-electron chi connectivity index (χ3n) is 3.31. The predicted octanol–water partition coefficient (Wildman–Crippen LogP) is 1.35. The van der Waals surface area contributed by atoms with Crippen LogP contribution in [0, 0.1) is 12.7 Å². The average Bonchev–Trinajstić information content (AvgIpc) is 2.28. The Balaban J connectivity index is 2.47. The van der Waals surface area contributed by atoms with E-state index in [0.29, 0.717) is 29.5 Å². The summed E-state index contributed by atoms with van der Waals surface area (Å²) in [5.41, 5.74) is 7.36. The van der Waals surface area contributed by atoms with Crippen LogP contribution in [0.3, 0.4) is 0 Å². The Kier molecular flexibility index (Phi) is 3.07. The number of nitrogens with two attached hydrogens (primary N) is 1. The molecule has 4 nitrogen and oxygen atoms in total. The van der Waals surface area contributed by atoms with Gasteiger partial charge < -0.3 is 11.1 Å². The van der Waals surface area contributed by atoms with Crippen LogP contribution in [0.2, 0.25) is 0 Å². The fourth-order valence-electron chi connectivity index (χ4n) is 2.40. The highest BCUT2D eigenvalue weighted by molar-refractivity contribution is 6.07. The Morgan fingerprint density at radius 2 is 2.22 bits per heavy atom. The molecule has 1 atom stereocenters. The number of carbonyl (C=O) groups is 2. The Hall–Kier alpha value is -1.91. The molecular formula is C13H15FN2O2. The maximum absolute atomic E-state index is 13.5. The van der Waals surface area contributed by atoms with Crippen LogP contribution in [0.1, 0.15) is 34.8 Å². The Bertz CT molecular complexity index is 540. The molecule has 0 fully saturated rings. The normalized spacial score (nSPS) is 18.4. The summed E-state index contributed by atoms with van der Waals surface area (Å²) < 4.78 is 13.5. The van der Waals surface area contributed by atoms with Crippen molar-refractivity contribution < 1.29 is 14.0 Å². The van der Waals surface area contributed by atoms with Gasteiger partial charge in [-0.15, -0.1) is 0 Å². The first-order chi connectivity index (χ1) is 8.41. The molecule has 0 radical (unpaired) electrons. The van der Waals surface area contributed by atoms with Gasteiger partial charge in [-0.2, -0.15) is 0 Å². The van der Waals surface area contributed by atoms with Crippen molar-refractivity contribution in [3.8, 4) is 0 Å². The molecular weight excluding hydrogens is 235 g/mol. The van der Waals surface area contributed by atoms with E-state index in [1.165, 1.54) is 13.0 Å². The van der Waals surface area contributed by atoms with Crippen molar-refractivity contribution >= 4 is 17.4 Å². The lowest BCUT2D eigenvalue weighted by molar-refractivity contribution is -0.119. The minimum atomic E-state index is -0.554. The summed E-state index contributed by atoms with van der Waals surface area (Å²) in [6, 6.07) is 0.615. The van der Waals surface area contributed by atoms with E-state index >= 15 is 0 Å². The molecule has 0 spiro atoms. The lowest BCUT2D eigenvalue weighted by Gasteiger charge is -2.26. The van der Waals surface area contributed by atoms with Gasteiger partial charge in [-0.05, 0) is 37.0 Å². The fraction of sp³-hybridized carbons (Fsp3) is 0.385. The van der Waals surface area contributed by atoms with E-state index in [9.17, 15) is 14.0 Å². The van der Waals surface area contributed by atoms with Gasteiger partial charge in [-0.25, -0.2) is 4.39 Å². The standard InChI is InChI=1S/C13H15FN2O2/c1-6-8-3-4-11(16-7(2)17)13(18)12(8)10(15)5-9(6)14/h5,11H,3-4,15H2,1-2H3,(H,16,17)/t11-/m0/s1. The van der Waals surface area contributed by atoms with E-state index < -0.39 is 11.9 Å². The Labute approximate surface area is 104 Å². The van der Waals surface area contributed by atoms with Crippen LogP contribution < -0.4 is 11.1 Å². The molecule has 0 bridgehead atoms. The summed E-state index contributed by atoms with van der Waals surface area (Å²) in [5.74, 6) is -0.877. The molecule has 0 aliphatic heterocycles. The minimum Gasteiger partial charge on any atom is -0.398 e. The second-order valence-corrected chi connectivity index (χ2v) is 4.58. The van der Waals surface area contributed by atoms with E-state index in [4.69, 9.17) is 5.73 Å². The molecule has 96 valence electrons. The molecule has 1 amide bonds. The monoisotopic (exact) mass is 250 g/mol. The smallest absolute Gasteiger partial charge is 0.217 e. The highest BCUT2D eigenvalue weighted by Crippen LogP contribution is 2.30. The number of benzene rings is 1. The van der Waals surface area contributed by atoms with Crippen LogP contribution in [0.15, 0.2) is 6.07 Å². The first-order valence-corrected chi connectivity index (χ1v) is 5.80. The van der Waals surface area contributed by atoms with E-state index in [0.717, 1.165) is 0 Å². The van der Waals surface area contributed by atoms with E-state index in [-0.39, 0.29) is 17.4 Å². The topological polar surface area (TPSA) is 72.2 Å². The summed E-state index contributed by atoms with van der Waals surface area (Å²) in [5, 5.41) is 2.60. The number of nitrogen functional groups attached to an aromatic ring is 1. The zero-order valence-electron chi connectivity index (χ0n) is 10.3. The zero-order chi connectivity index (χ0) is 13.4. The van der Waals surface area contributed by atoms with Crippen LogP contribution >= 0.6 is 0 Å². The number of hydrogen-bond acceptors (Lipinski definition) is 3. The maximum atomic E-state index is 13.5. The van der Waals surface area contributed by atoms with E-state index in [1.54, 1.807) is 6.92 Å². The third-order valence-corrected chi connectivity index (χ3v) is 3.31. The van der Waals surface area contributed by atoms with Crippen molar-refractivity contribution in [1.29, 1.82) is 0 Å². The number of halogens is 1. The van der Waals surface area contributed by atoms with Crippen molar-refractivity contribution in [3.05, 3.63) is 28.6 Å². The molecule has 0 saturated carbocycles. The summed E-state index contributed by atoms with van der Waals surface area (Å²) in [4.78, 5) is 23.2. The second-order valence-electron chi connectivity index (χ2n) is 4.58. The quantitative estimate of drug-likeness (QED) is 0.739. The second kappa shape index (κ2) is 4.40. The van der Waals surface area contributed by atoms with Gasteiger partial charge in [0.15, 0.2) is 5.78 Å². The van der Waals surface area contributed by atoms with Gasteiger partial charge in [-0.3, -0.25) is 9.59 Å². The molecule has 5 heteroatoms. The fourth-order valence-corrected chi connectivity index (χ4v) is 2.40. The van der Waals surface area contributed by atoms with Gasteiger partial charge in [-0.1, -0.05) is 0 Å². The molecule has 0 unspecified atom stereocenters. The average molecular weight is 250 g/mol. The van der Waals surface area contributed by atoms with Gasteiger partial charge in [0.05, 0.1) is 6.04 Å². The first-order valence-electron chi connectivity index (χ1n) is 5.80. The number of anilines is 1. The van der Waals surface area contributed by atoms with Crippen molar-refractivity contribution in [1.82, 2.24) is 5.32 Å². The largest absolute Gasteiger partial charge is 0.398 e. The first kappa shape index (κ1) is 12.5. The summed E-state index contributed by atoms with van der Waals surface area (Å²) in [6.07, 6.45) is 1.02. The number of nitrogens with one attached hydrogen (secondary N) is 1. The lowest BCUT2D eigenvalue weighted by Crippen LogP contribution is -2.43. The van der Waals surface area contributed by atoms with Crippen molar-refractivity contribution in [2.45, 2.75) is 32.7 Å². The molecule has 0 saturated heterocycles. The summed E-state index contributed by atoms with van der Waals surface area (Å²) in [6.45, 7) is 3.00. The molecule has 1 aromatic rings. The van der Waals surface area contributed by atoms with Crippen molar-refractivity contribution in [3.63, 3.8) is 0 Å². The van der Waals surface area contributed by atoms with Gasteiger partial charge in [0.1, 0.15) is 5.82 Å². The van der Waals surface area contributed by atoms with E-state index in [2.05, 4.69) is 5.32 Å². The van der Waals surface area contributed by atoms with Crippen molar-refractivity contribution in [2.24, 2.45) is 0 Å². The number of carbonyl (C=O) groups excluding carboxylic acids is 2. The predicted molar refractivity (Wildman–Crippen MR) is 65.8 cm³/mol. The number of fused-ring (bicyclic) bond motifs is 1. The number of ketones is 1. The highest BCUT2D eigenvalue weighted by Gasteiger charge is 2.31. The molecule has 2 rings (SSSR count). The SMILES string of the molecule is CC(=O)N[C@H]1CCc2c(C)c(F)cc(N)c2C1=O. The zero-order valence-corrected chi connectivity index (χ0v) is 10.3. The van der Waals surface area contributed by atoms with Gasteiger partial charge in [0.2, 0.25) is 5.91 Å². The summed E-state index contributed by atoms with van der Waals surface area (Å²) >= 11 is 0. The number of Topliss-reactive ketones (excluding diaryl/α,β-unsaturated/α-hetero) is 1. The number of hydrogen-bond donors (Lipinski definition) is 2. The van der Waals surface area contributed by atoms with E-state index in [1.807, 2.05) is 0 Å². The maximum Gasteiger partial charge on any atom is 0.217 e. The van der Waals surface area contributed by atoms with Crippen LogP contribution in [-0.2, 0) is 11.2 Å². The van der Waals surface area contributed by atoms with Crippen LogP contribution in [0.25, 0.3) is 0 Å². The van der Waals surface area contributed by atoms with Crippen LogP contribution in [0.5, 0.6) is 0 Å². The minimum absolute atomic E-state index is 0.146. The van der Waals surface area contributed by atoms with Crippen molar-refractivity contribution in [2.75, 3.05) is 5.73 Å². The van der Waals surface area contributed by atoms with Crippen LogP contribution in [-0.4, -0.2) is 17.7 Å². The molecule has 1 aliphatic rings. The number of rotatable bonds is 1. The molecule has 3 N–H and O–H groups in total. The van der Waals surface area contributed by atoms with Crippen LogP contribution in [0.4, 0.5) is 10.1 Å². The molecule has 0 heterocycles.